The third kappa shape index (κ3) is 2.87. The SMILES string of the molecule is O=C(O)/C=C/[C@H]1CCCC[C@@H]1C(=O)O. The highest BCUT2D eigenvalue weighted by Crippen LogP contribution is 2.31. The summed E-state index contributed by atoms with van der Waals surface area (Å²) in [5.74, 6) is -2.35. The predicted octanol–water partition coefficient (Wildman–Crippen LogP) is 1.52. The Kier molecular flexibility index (Phi) is 3.68. The highest BCUT2D eigenvalue weighted by molar-refractivity contribution is 5.80. The minimum Gasteiger partial charge on any atom is -0.481 e. The van der Waals surface area contributed by atoms with Crippen molar-refractivity contribution in [3.63, 3.8) is 0 Å². The molecule has 1 fully saturated rings. The van der Waals surface area contributed by atoms with E-state index >= 15 is 0 Å². The maximum absolute atomic E-state index is 10.8. The van der Waals surface area contributed by atoms with Crippen molar-refractivity contribution >= 4 is 11.9 Å². The van der Waals surface area contributed by atoms with E-state index in [1.807, 2.05) is 0 Å². The number of carboxylic acids is 2. The van der Waals surface area contributed by atoms with E-state index in [1.54, 1.807) is 0 Å². The molecule has 0 aromatic heterocycles. The van der Waals surface area contributed by atoms with Crippen LogP contribution in [0.15, 0.2) is 12.2 Å². The van der Waals surface area contributed by atoms with Crippen molar-refractivity contribution in [2.75, 3.05) is 0 Å². The molecule has 0 heterocycles. The van der Waals surface area contributed by atoms with E-state index in [2.05, 4.69) is 0 Å². The molecule has 0 aromatic carbocycles. The van der Waals surface area contributed by atoms with Gasteiger partial charge in [0.1, 0.15) is 0 Å². The van der Waals surface area contributed by atoms with E-state index in [0.717, 1.165) is 25.3 Å². The molecule has 14 heavy (non-hydrogen) atoms. The van der Waals surface area contributed by atoms with Gasteiger partial charge in [-0.1, -0.05) is 18.9 Å². The van der Waals surface area contributed by atoms with Gasteiger partial charge in [0.05, 0.1) is 5.92 Å². The van der Waals surface area contributed by atoms with Crippen molar-refractivity contribution in [2.45, 2.75) is 25.7 Å². The minimum absolute atomic E-state index is 0.114. The fraction of sp³-hybridized carbons (Fsp3) is 0.600. The lowest BCUT2D eigenvalue weighted by Crippen LogP contribution is -2.25. The Hall–Kier alpha value is -1.32. The third-order valence-corrected chi connectivity index (χ3v) is 2.62. The number of rotatable bonds is 3. The highest BCUT2D eigenvalue weighted by Gasteiger charge is 2.28. The predicted molar refractivity (Wildman–Crippen MR) is 49.9 cm³/mol. The van der Waals surface area contributed by atoms with Crippen LogP contribution >= 0.6 is 0 Å². The summed E-state index contributed by atoms with van der Waals surface area (Å²) in [7, 11) is 0. The first-order valence-corrected chi connectivity index (χ1v) is 4.75. The molecule has 1 rings (SSSR count). The largest absolute Gasteiger partial charge is 0.481 e. The van der Waals surface area contributed by atoms with Gasteiger partial charge in [0, 0.05) is 6.08 Å². The monoisotopic (exact) mass is 198 g/mol. The van der Waals surface area contributed by atoms with Gasteiger partial charge in [0.2, 0.25) is 0 Å². The molecular formula is C10H14O4. The van der Waals surface area contributed by atoms with Gasteiger partial charge in [-0.15, -0.1) is 0 Å². The topological polar surface area (TPSA) is 74.6 Å². The fourth-order valence-electron chi connectivity index (χ4n) is 1.90. The third-order valence-electron chi connectivity index (χ3n) is 2.62. The summed E-state index contributed by atoms with van der Waals surface area (Å²) < 4.78 is 0. The molecule has 4 nitrogen and oxygen atoms in total. The molecule has 0 saturated heterocycles. The minimum atomic E-state index is -1.01. The van der Waals surface area contributed by atoms with Crippen molar-refractivity contribution in [3.05, 3.63) is 12.2 Å². The van der Waals surface area contributed by atoms with E-state index in [1.165, 1.54) is 6.08 Å². The van der Waals surface area contributed by atoms with Crippen LogP contribution in [0.4, 0.5) is 0 Å². The van der Waals surface area contributed by atoms with E-state index in [-0.39, 0.29) is 5.92 Å². The first-order chi connectivity index (χ1) is 6.61. The summed E-state index contributed by atoms with van der Waals surface area (Å²) in [5.41, 5.74) is 0. The average molecular weight is 198 g/mol. The smallest absolute Gasteiger partial charge is 0.327 e. The number of hydrogen-bond acceptors (Lipinski definition) is 2. The molecule has 2 atom stereocenters. The van der Waals surface area contributed by atoms with E-state index in [4.69, 9.17) is 10.2 Å². The first kappa shape index (κ1) is 10.8. The molecule has 1 saturated carbocycles. The lowest BCUT2D eigenvalue weighted by molar-refractivity contribution is -0.144. The van der Waals surface area contributed by atoms with Crippen molar-refractivity contribution in [1.29, 1.82) is 0 Å². The summed E-state index contributed by atoms with van der Waals surface area (Å²) in [5, 5.41) is 17.3. The van der Waals surface area contributed by atoms with Gasteiger partial charge in [0.25, 0.3) is 0 Å². The molecule has 1 aliphatic carbocycles. The molecule has 4 heteroatoms. The Bertz CT molecular complexity index is 257. The Labute approximate surface area is 82.2 Å². The van der Waals surface area contributed by atoms with Crippen LogP contribution in [0.25, 0.3) is 0 Å². The van der Waals surface area contributed by atoms with E-state index in [9.17, 15) is 9.59 Å². The molecule has 1 aliphatic rings. The standard InChI is InChI=1S/C10H14O4/c11-9(12)6-5-7-3-1-2-4-8(7)10(13)14/h5-8H,1-4H2,(H,11,12)(H,13,14)/b6-5+/t7-,8+/m1/s1. The summed E-state index contributed by atoms with van der Waals surface area (Å²) in [6.07, 6.45) is 5.91. The summed E-state index contributed by atoms with van der Waals surface area (Å²) in [4.78, 5) is 21.1. The molecule has 0 unspecified atom stereocenters. The fourth-order valence-corrected chi connectivity index (χ4v) is 1.90. The van der Waals surface area contributed by atoms with Crippen LogP contribution in [-0.4, -0.2) is 22.2 Å². The van der Waals surface area contributed by atoms with Crippen molar-refractivity contribution in [2.24, 2.45) is 11.8 Å². The molecule has 0 radical (unpaired) electrons. The molecule has 0 spiro atoms. The van der Waals surface area contributed by atoms with Crippen LogP contribution < -0.4 is 0 Å². The molecule has 2 N–H and O–H groups in total. The van der Waals surface area contributed by atoms with Crippen LogP contribution in [0.5, 0.6) is 0 Å². The summed E-state index contributed by atoms with van der Waals surface area (Å²) in [6, 6.07) is 0. The van der Waals surface area contributed by atoms with E-state index < -0.39 is 17.9 Å². The van der Waals surface area contributed by atoms with Gasteiger partial charge >= 0.3 is 11.9 Å². The number of carboxylic acid groups (broad SMARTS) is 2. The number of aliphatic carboxylic acids is 2. The zero-order chi connectivity index (χ0) is 10.6. The Morgan fingerprint density at radius 1 is 1.14 bits per heavy atom. The Morgan fingerprint density at radius 3 is 2.36 bits per heavy atom. The van der Waals surface area contributed by atoms with Gasteiger partial charge in [0.15, 0.2) is 0 Å². The van der Waals surface area contributed by atoms with Crippen LogP contribution in [0, 0.1) is 11.8 Å². The van der Waals surface area contributed by atoms with Crippen molar-refractivity contribution in [1.82, 2.24) is 0 Å². The summed E-state index contributed by atoms with van der Waals surface area (Å²) >= 11 is 0. The van der Waals surface area contributed by atoms with Crippen LogP contribution in [-0.2, 0) is 9.59 Å². The van der Waals surface area contributed by atoms with Crippen LogP contribution in [0.2, 0.25) is 0 Å². The maximum Gasteiger partial charge on any atom is 0.327 e. The molecule has 0 aromatic rings. The van der Waals surface area contributed by atoms with E-state index in [0.29, 0.717) is 6.42 Å². The van der Waals surface area contributed by atoms with Gasteiger partial charge in [-0.3, -0.25) is 4.79 Å². The zero-order valence-corrected chi connectivity index (χ0v) is 7.85. The molecule has 0 aliphatic heterocycles. The lowest BCUT2D eigenvalue weighted by atomic mass is 9.79. The van der Waals surface area contributed by atoms with Gasteiger partial charge < -0.3 is 10.2 Å². The second kappa shape index (κ2) is 4.79. The van der Waals surface area contributed by atoms with Crippen molar-refractivity contribution in [3.8, 4) is 0 Å². The average Bonchev–Trinajstić information content (AvgIpc) is 2.15. The normalized spacial score (nSPS) is 27.7. The Balaban J connectivity index is 2.63. The second-order valence-corrected chi connectivity index (χ2v) is 3.59. The molecule has 78 valence electrons. The maximum atomic E-state index is 10.8. The molecule has 0 amide bonds. The van der Waals surface area contributed by atoms with Gasteiger partial charge in [-0.05, 0) is 18.8 Å². The Morgan fingerprint density at radius 2 is 1.79 bits per heavy atom. The quantitative estimate of drug-likeness (QED) is 0.674. The lowest BCUT2D eigenvalue weighted by Gasteiger charge is -2.25. The first-order valence-electron chi connectivity index (χ1n) is 4.75. The summed E-state index contributed by atoms with van der Waals surface area (Å²) in [6.45, 7) is 0. The molecule has 0 bridgehead atoms. The van der Waals surface area contributed by atoms with Crippen LogP contribution in [0.3, 0.4) is 0 Å². The van der Waals surface area contributed by atoms with Gasteiger partial charge in [-0.25, -0.2) is 4.79 Å². The van der Waals surface area contributed by atoms with Gasteiger partial charge in [-0.2, -0.15) is 0 Å². The molecular weight excluding hydrogens is 184 g/mol. The van der Waals surface area contributed by atoms with Crippen molar-refractivity contribution < 1.29 is 19.8 Å². The number of carbonyl (C=O) groups is 2. The number of allylic oxidation sites excluding steroid dienone is 1. The highest BCUT2D eigenvalue weighted by atomic mass is 16.4. The number of hydrogen-bond donors (Lipinski definition) is 2. The zero-order valence-electron chi connectivity index (χ0n) is 7.85. The second-order valence-electron chi connectivity index (χ2n) is 3.59. The van der Waals surface area contributed by atoms with Crippen LogP contribution in [0.1, 0.15) is 25.7 Å².